The van der Waals surface area contributed by atoms with Gasteiger partial charge in [-0.3, -0.25) is 9.59 Å². The molecule has 1 aliphatic carbocycles. The van der Waals surface area contributed by atoms with E-state index in [1.54, 1.807) is 7.11 Å². The Morgan fingerprint density at radius 3 is 2.68 bits per heavy atom. The molecule has 2 N–H and O–H groups in total. The van der Waals surface area contributed by atoms with Crippen LogP contribution >= 0.6 is 0 Å². The van der Waals surface area contributed by atoms with E-state index in [0.717, 1.165) is 23.3 Å². The van der Waals surface area contributed by atoms with E-state index in [0.29, 0.717) is 25.8 Å². The third kappa shape index (κ3) is 4.00. The smallest absolute Gasteiger partial charge is 0.306 e. The van der Waals surface area contributed by atoms with Gasteiger partial charge in [-0.25, -0.2) is 0 Å². The van der Waals surface area contributed by atoms with Crippen molar-refractivity contribution in [3.63, 3.8) is 0 Å². The van der Waals surface area contributed by atoms with Crippen LogP contribution in [-0.4, -0.2) is 30.6 Å². The maximum atomic E-state index is 12.1. The lowest BCUT2D eigenvalue weighted by atomic mass is 10.0. The number of methoxy groups -OCH3 is 1. The van der Waals surface area contributed by atoms with Crippen molar-refractivity contribution in [2.75, 3.05) is 13.7 Å². The van der Waals surface area contributed by atoms with E-state index in [2.05, 4.69) is 5.32 Å². The Kier molecular flexibility index (Phi) is 5.41. The summed E-state index contributed by atoms with van der Waals surface area (Å²) in [4.78, 5) is 23.0. The van der Waals surface area contributed by atoms with Gasteiger partial charge in [0.1, 0.15) is 5.75 Å². The molecule has 1 aromatic rings. The Balaban J connectivity index is 1.79. The molecule has 5 heteroatoms. The predicted molar refractivity (Wildman–Crippen MR) is 82.9 cm³/mol. The zero-order valence-electron chi connectivity index (χ0n) is 13.1. The molecule has 2 rings (SSSR count). The first-order valence-electron chi connectivity index (χ1n) is 7.65. The van der Waals surface area contributed by atoms with Gasteiger partial charge < -0.3 is 15.2 Å². The Hall–Kier alpha value is -2.04. The molecule has 1 fully saturated rings. The Bertz CT molecular complexity index is 556. The second-order valence-electron chi connectivity index (χ2n) is 5.89. The number of benzene rings is 1. The maximum Gasteiger partial charge on any atom is 0.306 e. The van der Waals surface area contributed by atoms with Crippen LogP contribution in [-0.2, 0) is 16.0 Å². The lowest BCUT2D eigenvalue weighted by Crippen LogP contribution is -2.31. The summed E-state index contributed by atoms with van der Waals surface area (Å²) in [7, 11) is 1.65. The van der Waals surface area contributed by atoms with Crippen molar-refractivity contribution in [1.29, 1.82) is 0 Å². The number of carboxylic acid groups (broad SMARTS) is 1. The van der Waals surface area contributed by atoms with Crippen LogP contribution < -0.4 is 10.1 Å². The van der Waals surface area contributed by atoms with E-state index in [1.807, 2.05) is 25.1 Å². The standard InChI is InChI=1S/C17H23NO4/c1-11-3-4-12(9-15(11)22-2)7-8-18-16(19)13-5-6-14(10-13)17(20)21/h3-4,9,13-14H,5-8,10H2,1-2H3,(H,18,19)(H,20,21)/t13-,14+/m1/s1. The highest BCUT2D eigenvalue weighted by atomic mass is 16.5. The van der Waals surface area contributed by atoms with Crippen LogP contribution in [0.15, 0.2) is 18.2 Å². The van der Waals surface area contributed by atoms with Crippen molar-refractivity contribution in [2.45, 2.75) is 32.6 Å². The number of rotatable bonds is 6. The molecule has 1 aliphatic rings. The summed E-state index contributed by atoms with van der Waals surface area (Å²) < 4.78 is 5.29. The number of amides is 1. The second kappa shape index (κ2) is 7.29. The molecule has 0 saturated heterocycles. The fourth-order valence-electron chi connectivity index (χ4n) is 2.94. The van der Waals surface area contributed by atoms with Crippen molar-refractivity contribution in [1.82, 2.24) is 5.32 Å². The molecule has 5 nitrogen and oxygen atoms in total. The van der Waals surface area contributed by atoms with Crippen LogP contribution in [0.5, 0.6) is 5.75 Å². The topological polar surface area (TPSA) is 75.6 Å². The Labute approximate surface area is 130 Å². The van der Waals surface area contributed by atoms with Crippen LogP contribution in [0.25, 0.3) is 0 Å². The fourth-order valence-corrected chi connectivity index (χ4v) is 2.94. The molecule has 0 unspecified atom stereocenters. The molecule has 2 atom stereocenters. The number of carboxylic acids is 1. The van der Waals surface area contributed by atoms with E-state index in [4.69, 9.17) is 9.84 Å². The van der Waals surface area contributed by atoms with Crippen molar-refractivity contribution < 1.29 is 19.4 Å². The van der Waals surface area contributed by atoms with Crippen LogP contribution in [0.4, 0.5) is 0 Å². The number of ether oxygens (including phenoxy) is 1. The Morgan fingerprint density at radius 2 is 2.05 bits per heavy atom. The van der Waals surface area contributed by atoms with E-state index in [1.165, 1.54) is 0 Å². The van der Waals surface area contributed by atoms with Crippen molar-refractivity contribution in [3.8, 4) is 5.75 Å². The number of carbonyl (C=O) groups excluding carboxylic acids is 1. The molecule has 0 radical (unpaired) electrons. The van der Waals surface area contributed by atoms with Gasteiger partial charge in [-0.1, -0.05) is 12.1 Å². The highest BCUT2D eigenvalue weighted by Crippen LogP contribution is 2.31. The molecular weight excluding hydrogens is 282 g/mol. The monoisotopic (exact) mass is 305 g/mol. The average molecular weight is 305 g/mol. The summed E-state index contributed by atoms with van der Waals surface area (Å²) in [6.07, 6.45) is 2.46. The third-order valence-corrected chi connectivity index (χ3v) is 4.34. The van der Waals surface area contributed by atoms with Gasteiger partial charge in [0.25, 0.3) is 0 Å². The van der Waals surface area contributed by atoms with Gasteiger partial charge in [-0.2, -0.15) is 0 Å². The number of hydrogen-bond donors (Lipinski definition) is 2. The lowest BCUT2D eigenvalue weighted by Gasteiger charge is -2.12. The molecule has 0 bridgehead atoms. The highest BCUT2D eigenvalue weighted by molar-refractivity contribution is 5.80. The van der Waals surface area contributed by atoms with E-state index < -0.39 is 5.97 Å². The van der Waals surface area contributed by atoms with Crippen LogP contribution in [0, 0.1) is 18.8 Å². The van der Waals surface area contributed by atoms with Gasteiger partial charge in [0.15, 0.2) is 0 Å². The van der Waals surface area contributed by atoms with Crippen molar-refractivity contribution in [2.24, 2.45) is 11.8 Å². The average Bonchev–Trinajstić information content (AvgIpc) is 2.99. The molecule has 0 heterocycles. The van der Waals surface area contributed by atoms with Gasteiger partial charge in [-0.05, 0) is 49.8 Å². The molecule has 22 heavy (non-hydrogen) atoms. The second-order valence-corrected chi connectivity index (χ2v) is 5.89. The summed E-state index contributed by atoms with van der Waals surface area (Å²) in [5, 5.41) is 11.9. The normalized spacial score (nSPS) is 20.6. The number of carbonyl (C=O) groups is 2. The summed E-state index contributed by atoms with van der Waals surface area (Å²) in [5.41, 5.74) is 2.19. The molecular formula is C17H23NO4. The van der Waals surface area contributed by atoms with Crippen molar-refractivity contribution in [3.05, 3.63) is 29.3 Å². The molecule has 0 spiro atoms. The van der Waals surface area contributed by atoms with Crippen LogP contribution in [0.1, 0.15) is 30.4 Å². The van der Waals surface area contributed by atoms with Gasteiger partial charge in [-0.15, -0.1) is 0 Å². The molecule has 1 saturated carbocycles. The maximum absolute atomic E-state index is 12.1. The van der Waals surface area contributed by atoms with Crippen LogP contribution in [0.2, 0.25) is 0 Å². The summed E-state index contributed by atoms with van der Waals surface area (Å²) in [5.74, 6) is -0.487. The zero-order chi connectivity index (χ0) is 16.1. The number of aryl methyl sites for hydroxylation is 1. The zero-order valence-corrected chi connectivity index (χ0v) is 13.1. The van der Waals surface area contributed by atoms with Gasteiger partial charge in [0.2, 0.25) is 5.91 Å². The first-order chi connectivity index (χ1) is 10.5. The first-order valence-corrected chi connectivity index (χ1v) is 7.65. The Morgan fingerprint density at radius 1 is 1.32 bits per heavy atom. The number of nitrogens with one attached hydrogen (secondary N) is 1. The largest absolute Gasteiger partial charge is 0.496 e. The minimum absolute atomic E-state index is 0.0252. The molecule has 1 aromatic carbocycles. The number of hydrogen-bond acceptors (Lipinski definition) is 3. The SMILES string of the molecule is COc1cc(CCNC(=O)[C@@H]2CC[C@H](C(=O)O)C2)ccc1C. The van der Waals surface area contributed by atoms with Gasteiger partial charge in [0, 0.05) is 12.5 Å². The fraction of sp³-hybridized carbons (Fsp3) is 0.529. The molecule has 1 amide bonds. The first kappa shape index (κ1) is 16.3. The van der Waals surface area contributed by atoms with E-state index in [-0.39, 0.29) is 17.7 Å². The summed E-state index contributed by atoms with van der Waals surface area (Å²) in [6.45, 7) is 2.54. The predicted octanol–water partition coefficient (Wildman–Crippen LogP) is 2.16. The van der Waals surface area contributed by atoms with Crippen molar-refractivity contribution >= 4 is 11.9 Å². The van der Waals surface area contributed by atoms with Gasteiger partial charge >= 0.3 is 5.97 Å². The quantitative estimate of drug-likeness (QED) is 0.844. The minimum atomic E-state index is -0.790. The van der Waals surface area contributed by atoms with E-state index in [9.17, 15) is 9.59 Å². The molecule has 0 aromatic heterocycles. The minimum Gasteiger partial charge on any atom is -0.496 e. The summed E-state index contributed by atoms with van der Waals surface area (Å²) in [6, 6.07) is 6.02. The number of aliphatic carboxylic acids is 1. The molecule has 120 valence electrons. The van der Waals surface area contributed by atoms with E-state index >= 15 is 0 Å². The molecule has 0 aliphatic heterocycles. The van der Waals surface area contributed by atoms with Crippen LogP contribution in [0.3, 0.4) is 0 Å². The summed E-state index contributed by atoms with van der Waals surface area (Å²) >= 11 is 0. The highest BCUT2D eigenvalue weighted by Gasteiger charge is 2.33. The lowest BCUT2D eigenvalue weighted by molar-refractivity contribution is -0.141. The van der Waals surface area contributed by atoms with Gasteiger partial charge in [0.05, 0.1) is 13.0 Å². The third-order valence-electron chi connectivity index (χ3n) is 4.34.